The van der Waals surface area contributed by atoms with E-state index in [1.807, 2.05) is 36.0 Å². The van der Waals surface area contributed by atoms with E-state index in [-0.39, 0.29) is 24.3 Å². The van der Waals surface area contributed by atoms with E-state index in [1.54, 1.807) is 24.3 Å². The van der Waals surface area contributed by atoms with Gasteiger partial charge in [0.05, 0.1) is 11.1 Å². The quantitative estimate of drug-likeness (QED) is 0.648. The van der Waals surface area contributed by atoms with Crippen molar-refractivity contribution in [1.29, 1.82) is 0 Å². The zero-order valence-corrected chi connectivity index (χ0v) is 17.8. The van der Waals surface area contributed by atoms with Crippen LogP contribution in [0.15, 0.2) is 36.4 Å². The van der Waals surface area contributed by atoms with Crippen LogP contribution in [0.25, 0.3) is 0 Å². The number of imide groups is 1. The standard InChI is InChI=1S/C22H26N6O3/c1-25(2)18-9-10-19(24-23-18)26-12-14-27(15-13-26)20(29)8-5-11-28-21(30)16-6-3-4-7-17(16)22(28)31/h3-4,6-7,9-10H,5,8,11-15H2,1-2H3. The summed E-state index contributed by atoms with van der Waals surface area (Å²) in [7, 11) is 3.84. The molecule has 0 atom stereocenters. The van der Waals surface area contributed by atoms with Crippen molar-refractivity contribution in [3.8, 4) is 0 Å². The number of piperazine rings is 1. The number of hydrogen-bond acceptors (Lipinski definition) is 7. The van der Waals surface area contributed by atoms with Crippen LogP contribution in [0.2, 0.25) is 0 Å². The highest BCUT2D eigenvalue weighted by Gasteiger charge is 2.34. The normalized spacial score (nSPS) is 16.0. The highest BCUT2D eigenvalue weighted by molar-refractivity contribution is 6.21. The number of aromatic nitrogens is 2. The molecule has 0 saturated carbocycles. The minimum absolute atomic E-state index is 0.0466. The molecule has 0 N–H and O–H groups in total. The van der Waals surface area contributed by atoms with Gasteiger partial charge in [0.2, 0.25) is 5.91 Å². The lowest BCUT2D eigenvalue weighted by molar-refractivity contribution is -0.131. The van der Waals surface area contributed by atoms with Crippen LogP contribution in [0.5, 0.6) is 0 Å². The van der Waals surface area contributed by atoms with Gasteiger partial charge in [-0.05, 0) is 30.7 Å². The summed E-state index contributed by atoms with van der Waals surface area (Å²) in [6.07, 6.45) is 0.771. The van der Waals surface area contributed by atoms with Crippen molar-refractivity contribution in [3.63, 3.8) is 0 Å². The number of fused-ring (bicyclic) bond motifs is 1. The Balaban J connectivity index is 1.24. The molecular formula is C22H26N6O3. The molecule has 2 aliphatic rings. The van der Waals surface area contributed by atoms with Gasteiger partial charge >= 0.3 is 0 Å². The summed E-state index contributed by atoms with van der Waals surface area (Å²) in [4.78, 5) is 44.5. The van der Waals surface area contributed by atoms with Gasteiger partial charge in [0, 0.05) is 53.2 Å². The van der Waals surface area contributed by atoms with Crippen LogP contribution in [-0.4, -0.2) is 84.5 Å². The number of carbonyl (C=O) groups is 3. The van der Waals surface area contributed by atoms with E-state index in [1.165, 1.54) is 4.90 Å². The number of nitrogens with zero attached hydrogens (tertiary/aromatic N) is 6. The molecule has 3 heterocycles. The first kappa shape index (κ1) is 20.8. The molecule has 4 rings (SSSR count). The SMILES string of the molecule is CN(C)c1ccc(N2CCN(C(=O)CCCN3C(=O)c4ccccc4C3=O)CC2)nn1. The van der Waals surface area contributed by atoms with Crippen LogP contribution in [0.1, 0.15) is 33.6 Å². The third-order valence-electron chi connectivity index (χ3n) is 5.70. The number of anilines is 2. The van der Waals surface area contributed by atoms with Crippen LogP contribution in [0.4, 0.5) is 11.6 Å². The van der Waals surface area contributed by atoms with E-state index in [4.69, 9.17) is 0 Å². The first-order valence-electron chi connectivity index (χ1n) is 10.4. The molecule has 31 heavy (non-hydrogen) atoms. The molecule has 3 amide bonds. The Hall–Kier alpha value is -3.49. The molecule has 9 heteroatoms. The van der Waals surface area contributed by atoms with E-state index >= 15 is 0 Å². The number of hydrogen-bond donors (Lipinski definition) is 0. The van der Waals surface area contributed by atoms with Gasteiger partial charge in [-0.1, -0.05) is 12.1 Å². The summed E-state index contributed by atoms with van der Waals surface area (Å²) in [6, 6.07) is 10.7. The molecule has 0 aliphatic carbocycles. The smallest absolute Gasteiger partial charge is 0.261 e. The summed E-state index contributed by atoms with van der Waals surface area (Å²) < 4.78 is 0. The zero-order valence-electron chi connectivity index (χ0n) is 17.8. The zero-order chi connectivity index (χ0) is 22.0. The van der Waals surface area contributed by atoms with E-state index in [9.17, 15) is 14.4 Å². The largest absolute Gasteiger partial charge is 0.361 e. The molecule has 0 radical (unpaired) electrons. The number of rotatable bonds is 6. The molecule has 0 unspecified atom stereocenters. The van der Waals surface area contributed by atoms with E-state index in [0.29, 0.717) is 50.1 Å². The second kappa shape index (κ2) is 8.71. The second-order valence-electron chi connectivity index (χ2n) is 7.92. The monoisotopic (exact) mass is 422 g/mol. The Morgan fingerprint density at radius 1 is 0.935 bits per heavy atom. The van der Waals surface area contributed by atoms with Crippen LogP contribution >= 0.6 is 0 Å². The minimum atomic E-state index is -0.275. The van der Waals surface area contributed by atoms with Crippen molar-refractivity contribution in [2.45, 2.75) is 12.8 Å². The highest BCUT2D eigenvalue weighted by Crippen LogP contribution is 2.23. The average Bonchev–Trinajstić information content (AvgIpc) is 3.04. The topological polar surface area (TPSA) is 90.0 Å². The van der Waals surface area contributed by atoms with E-state index < -0.39 is 0 Å². The lowest BCUT2D eigenvalue weighted by atomic mass is 10.1. The van der Waals surface area contributed by atoms with Crippen LogP contribution < -0.4 is 9.80 Å². The number of benzene rings is 1. The summed E-state index contributed by atoms with van der Waals surface area (Å²) in [5, 5.41) is 8.49. The Morgan fingerprint density at radius 3 is 2.13 bits per heavy atom. The average molecular weight is 422 g/mol. The number of amides is 3. The van der Waals surface area contributed by atoms with Gasteiger partial charge in [0.15, 0.2) is 11.6 Å². The first-order valence-corrected chi connectivity index (χ1v) is 10.4. The fourth-order valence-corrected chi connectivity index (χ4v) is 3.90. The lowest BCUT2D eigenvalue weighted by Gasteiger charge is -2.35. The van der Waals surface area contributed by atoms with Gasteiger partial charge in [-0.2, -0.15) is 0 Å². The van der Waals surface area contributed by atoms with Gasteiger partial charge in [0.1, 0.15) is 0 Å². The predicted octanol–water partition coefficient (Wildman–Crippen LogP) is 1.27. The Kier molecular flexibility index (Phi) is 5.83. The summed E-state index contributed by atoms with van der Waals surface area (Å²) >= 11 is 0. The van der Waals surface area contributed by atoms with Gasteiger partial charge in [-0.25, -0.2) is 0 Å². The third kappa shape index (κ3) is 4.21. The fraction of sp³-hybridized carbons (Fsp3) is 0.409. The van der Waals surface area contributed by atoms with Crippen molar-refractivity contribution >= 4 is 29.4 Å². The Labute approximate surface area is 181 Å². The fourth-order valence-electron chi connectivity index (χ4n) is 3.90. The molecule has 1 aromatic carbocycles. The maximum Gasteiger partial charge on any atom is 0.261 e. The van der Waals surface area contributed by atoms with Crippen molar-refractivity contribution in [1.82, 2.24) is 20.0 Å². The number of carbonyl (C=O) groups excluding carboxylic acids is 3. The molecular weight excluding hydrogens is 396 g/mol. The van der Waals surface area contributed by atoms with Gasteiger partial charge < -0.3 is 14.7 Å². The van der Waals surface area contributed by atoms with Crippen molar-refractivity contribution < 1.29 is 14.4 Å². The second-order valence-corrected chi connectivity index (χ2v) is 7.92. The third-order valence-corrected chi connectivity index (χ3v) is 5.70. The van der Waals surface area contributed by atoms with Crippen LogP contribution in [0.3, 0.4) is 0 Å². The maximum absolute atomic E-state index is 12.6. The summed E-state index contributed by atoms with van der Waals surface area (Å²) in [6.45, 7) is 2.87. The molecule has 2 aliphatic heterocycles. The van der Waals surface area contributed by atoms with Crippen molar-refractivity contribution in [2.75, 3.05) is 56.6 Å². The molecule has 0 spiro atoms. The van der Waals surface area contributed by atoms with Gasteiger partial charge in [0.25, 0.3) is 11.8 Å². The lowest BCUT2D eigenvalue weighted by Crippen LogP contribution is -2.49. The predicted molar refractivity (Wildman–Crippen MR) is 116 cm³/mol. The molecule has 1 aromatic heterocycles. The van der Waals surface area contributed by atoms with Crippen molar-refractivity contribution in [2.24, 2.45) is 0 Å². The van der Waals surface area contributed by atoms with Crippen LogP contribution in [-0.2, 0) is 4.79 Å². The highest BCUT2D eigenvalue weighted by atomic mass is 16.2. The molecule has 0 bridgehead atoms. The van der Waals surface area contributed by atoms with Crippen LogP contribution in [0, 0.1) is 0 Å². The Bertz CT molecular complexity index is 948. The molecule has 162 valence electrons. The first-order chi connectivity index (χ1) is 15.0. The van der Waals surface area contributed by atoms with E-state index in [0.717, 1.165) is 11.6 Å². The summed E-state index contributed by atoms with van der Waals surface area (Å²) in [5.74, 6) is 1.11. The van der Waals surface area contributed by atoms with E-state index in [2.05, 4.69) is 15.1 Å². The minimum Gasteiger partial charge on any atom is -0.361 e. The molecule has 2 aromatic rings. The van der Waals surface area contributed by atoms with Gasteiger partial charge in [-0.3, -0.25) is 19.3 Å². The van der Waals surface area contributed by atoms with Gasteiger partial charge in [-0.15, -0.1) is 10.2 Å². The van der Waals surface area contributed by atoms with Crippen molar-refractivity contribution in [3.05, 3.63) is 47.5 Å². The Morgan fingerprint density at radius 2 is 1.58 bits per heavy atom. The maximum atomic E-state index is 12.6. The summed E-state index contributed by atoms with van der Waals surface area (Å²) in [5.41, 5.74) is 0.883. The molecule has 1 fully saturated rings. The molecule has 9 nitrogen and oxygen atoms in total. The molecule has 1 saturated heterocycles.